The Bertz CT molecular complexity index is 313. The Morgan fingerprint density at radius 1 is 1.07 bits per heavy atom. The fraction of sp³-hybridized carbons (Fsp3) is 0.143. The van der Waals surface area contributed by atoms with E-state index in [0.29, 0.717) is 0 Å². The number of benzene rings is 1. The van der Waals surface area contributed by atoms with E-state index in [2.05, 4.69) is 11.6 Å². The van der Waals surface area contributed by atoms with Gasteiger partial charge in [-0.1, -0.05) is 0 Å². The first-order valence-electron chi connectivity index (χ1n) is 3.38. The molecule has 0 amide bonds. The number of hydrogen-bond donors (Lipinski definition) is 0. The first kappa shape index (κ1) is 12.3. The highest BCUT2D eigenvalue weighted by atomic mass is 35.5. The third kappa shape index (κ3) is 3.36. The number of halogens is 1. The molecule has 0 fully saturated rings. The van der Waals surface area contributed by atoms with Crippen LogP contribution in [-0.4, -0.2) is 16.2 Å². The fourth-order valence-electron chi connectivity index (χ4n) is 0.720. The number of nitrogens with zero attached hydrogens (tertiary/aromatic N) is 2. The first-order chi connectivity index (χ1) is 6.61. The van der Waals surface area contributed by atoms with Crippen molar-refractivity contribution in [3.05, 3.63) is 44.5 Å². The van der Waals surface area contributed by atoms with Crippen LogP contribution in [0.15, 0.2) is 24.3 Å². The highest BCUT2D eigenvalue weighted by Crippen LogP contribution is 2.18. The zero-order valence-electron chi connectivity index (χ0n) is 7.21. The lowest BCUT2D eigenvalue weighted by molar-refractivity contribution is -0.394. The summed E-state index contributed by atoms with van der Waals surface area (Å²) in [6.07, 6.45) is 1.47. The summed E-state index contributed by atoms with van der Waals surface area (Å²) in [5, 5.41) is 20.3. The van der Waals surface area contributed by atoms with Crippen LogP contribution >= 0.6 is 11.6 Å². The second-order valence-electron chi connectivity index (χ2n) is 2.03. The van der Waals surface area contributed by atoms with Gasteiger partial charge in [-0.25, -0.2) is 0 Å². The van der Waals surface area contributed by atoms with Gasteiger partial charge in [0.25, 0.3) is 11.4 Å². The molecular weight excluding hydrogens is 212 g/mol. The zero-order chi connectivity index (χ0) is 11.1. The Labute approximate surface area is 84.4 Å². The second kappa shape index (κ2) is 5.87. The van der Waals surface area contributed by atoms with E-state index in [4.69, 9.17) is 0 Å². The molecule has 0 saturated carbocycles. The molecule has 0 aromatic heterocycles. The maximum atomic E-state index is 10.2. The molecule has 0 spiro atoms. The molecule has 14 heavy (non-hydrogen) atoms. The molecule has 1 rings (SSSR count). The number of alkyl halides is 1. The number of non-ortho nitro benzene ring substituents is 2. The van der Waals surface area contributed by atoms with Gasteiger partial charge in [-0.15, -0.1) is 11.6 Å². The molecule has 1 aromatic rings. The molecule has 76 valence electrons. The van der Waals surface area contributed by atoms with Crippen LogP contribution in [0.1, 0.15) is 0 Å². The number of nitro groups is 2. The van der Waals surface area contributed by atoms with E-state index in [1.165, 1.54) is 24.6 Å². The minimum Gasteiger partial charge on any atom is -0.258 e. The fourth-order valence-corrected chi connectivity index (χ4v) is 0.720. The van der Waals surface area contributed by atoms with Crippen molar-refractivity contribution in [1.82, 2.24) is 0 Å². The van der Waals surface area contributed by atoms with Crippen molar-refractivity contribution >= 4 is 23.0 Å². The molecule has 0 N–H and O–H groups in total. The normalized spacial score (nSPS) is 8.43. The quantitative estimate of drug-likeness (QED) is 0.433. The minimum absolute atomic E-state index is 0.274. The summed E-state index contributed by atoms with van der Waals surface area (Å²) in [7, 11) is 0. The molecule has 7 heteroatoms. The summed E-state index contributed by atoms with van der Waals surface area (Å²) in [6, 6.07) is 4.59. The molecule has 0 unspecified atom stereocenters. The van der Waals surface area contributed by atoms with Crippen molar-refractivity contribution in [1.29, 1.82) is 0 Å². The van der Waals surface area contributed by atoms with Crippen molar-refractivity contribution < 1.29 is 9.85 Å². The topological polar surface area (TPSA) is 86.3 Å². The van der Waals surface area contributed by atoms with E-state index in [1.54, 1.807) is 0 Å². The van der Waals surface area contributed by atoms with E-state index in [0.717, 1.165) is 6.07 Å². The van der Waals surface area contributed by atoms with Crippen molar-refractivity contribution in [3.63, 3.8) is 0 Å². The molecule has 0 heterocycles. The molecule has 0 saturated heterocycles. The van der Waals surface area contributed by atoms with Crippen LogP contribution in [0.3, 0.4) is 0 Å². The number of nitro benzene ring substituents is 2. The standard InChI is InChI=1S/C6H4N2O4.CH3Cl/c9-7(10)5-2-1-3-6(4-5)8(11)12;1-2/h1-4H;1H3. The van der Waals surface area contributed by atoms with E-state index in [1.807, 2.05) is 0 Å². The van der Waals surface area contributed by atoms with E-state index >= 15 is 0 Å². The predicted octanol–water partition coefficient (Wildman–Crippen LogP) is 2.36. The van der Waals surface area contributed by atoms with Gasteiger partial charge in [0.2, 0.25) is 0 Å². The summed E-state index contributed by atoms with van der Waals surface area (Å²) >= 11 is 4.64. The third-order valence-corrected chi connectivity index (χ3v) is 1.25. The van der Waals surface area contributed by atoms with Gasteiger partial charge < -0.3 is 0 Å². The van der Waals surface area contributed by atoms with Crippen molar-refractivity contribution in [2.24, 2.45) is 0 Å². The second-order valence-corrected chi connectivity index (χ2v) is 2.03. The predicted molar refractivity (Wildman–Crippen MR) is 51.5 cm³/mol. The highest BCUT2D eigenvalue weighted by Gasteiger charge is 2.11. The smallest absolute Gasteiger partial charge is 0.258 e. The summed E-state index contributed by atoms with van der Waals surface area (Å²) in [6.45, 7) is 0. The van der Waals surface area contributed by atoms with Gasteiger partial charge in [0, 0.05) is 18.5 Å². The van der Waals surface area contributed by atoms with E-state index in [-0.39, 0.29) is 11.4 Å². The number of hydrogen-bond acceptors (Lipinski definition) is 4. The monoisotopic (exact) mass is 218 g/mol. The van der Waals surface area contributed by atoms with Gasteiger partial charge in [0.1, 0.15) is 0 Å². The van der Waals surface area contributed by atoms with Crippen LogP contribution in [0.2, 0.25) is 0 Å². The molecule has 1 aromatic carbocycles. The molecule has 0 atom stereocenters. The van der Waals surface area contributed by atoms with Crippen LogP contribution in [0.5, 0.6) is 0 Å². The largest absolute Gasteiger partial charge is 0.276 e. The SMILES string of the molecule is CCl.O=[N+]([O-])c1cccc([N+](=O)[O-])c1. The van der Waals surface area contributed by atoms with Crippen molar-refractivity contribution in [3.8, 4) is 0 Å². The van der Waals surface area contributed by atoms with Gasteiger partial charge in [-0.05, 0) is 6.07 Å². The van der Waals surface area contributed by atoms with E-state index in [9.17, 15) is 20.2 Å². The van der Waals surface area contributed by atoms with Gasteiger partial charge in [-0.2, -0.15) is 0 Å². The summed E-state index contributed by atoms with van der Waals surface area (Å²) in [4.78, 5) is 19.0. The zero-order valence-corrected chi connectivity index (χ0v) is 7.97. The molecule has 6 nitrogen and oxygen atoms in total. The van der Waals surface area contributed by atoms with Gasteiger partial charge in [0.15, 0.2) is 0 Å². The average molecular weight is 219 g/mol. The van der Waals surface area contributed by atoms with Crippen LogP contribution in [-0.2, 0) is 0 Å². The molecule has 0 aliphatic heterocycles. The summed E-state index contributed by atoms with van der Waals surface area (Å²) < 4.78 is 0. The lowest BCUT2D eigenvalue weighted by Gasteiger charge is -1.90. The lowest BCUT2D eigenvalue weighted by atomic mass is 10.3. The Hall–Kier alpha value is -1.69. The third-order valence-electron chi connectivity index (χ3n) is 1.25. The average Bonchev–Trinajstić information content (AvgIpc) is 2.21. The Morgan fingerprint density at radius 3 is 1.71 bits per heavy atom. The molecule has 0 radical (unpaired) electrons. The molecular formula is C7H7ClN2O4. The molecule has 0 aliphatic carbocycles. The van der Waals surface area contributed by atoms with Crippen LogP contribution in [0.25, 0.3) is 0 Å². The van der Waals surface area contributed by atoms with E-state index < -0.39 is 9.85 Å². The molecule has 0 bridgehead atoms. The van der Waals surface area contributed by atoms with Gasteiger partial charge >= 0.3 is 0 Å². The first-order valence-corrected chi connectivity index (χ1v) is 4.13. The molecule has 0 aliphatic rings. The van der Waals surface area contributed by atoms with Crippen molar-refractivity contribution in [2.75, 3.05) is 6.38 Å². The summed E-state index contributed by atoms with van der Waals surface area (Å²) in [5.41, 5.74) is -0.548. The summed E-state index contributed by atoms with van der Waals surface area (Å²) in [5.74, 6) is 0. The minimum atomic E-state index is -0.674. The maximum absolute atomic E-state index is 10.2. The maximum Gasteiger partial charge on any atom is 0.276 e. The highest BCUT2D eigenvalue weighted by molar-refractivity contribution is 6.15. The number of rotatable bonds is 2. The lowest BCUT2D eigenvalue weighted by Crippen LogP contribution is -1.91. The Balaban J connectivity index is 0.000000791. The Kier molecular flexibility index (Phi) is 5.16. The van der Waals surface area contributed by atoms with Crippen LogP contribution < -0.4 is 0 Å². The van der Waals surface area contributed by atoms with Crippen LogP contribution in [0, 0.1) is 20.2 Å². The van der Waals surface area contributed by atoms with Gasteiger partial charge in [-0.3, -0.25) is 20.2 Å². The van der Waals surface area contributed by atoms with Crippen LogP contribution in [0.4, 0.5) is 11.4 Å². The Morgan fingerprint density at radius 2 is 1.43 bits per heavy atom. The van der Waals surface area contributed by atoms with Crippen molar-refractivity contribution in [2.45, 2.75) is 0 Å². The van der Waals surface area contributed by atoms with Gasteiger partial charge in [0.05, 0.1) is 15.9 Å².